The van der Waals surface area contributed by atoms with Crippen LogP contribution in [-0.2, 0) is 4.79 Å². The van der Waals surface area contributed by atoms with E-state index in [2.05, 4.69) is 9.97 Å². The van der Waals surface area contributed by atoms with Crippen LogP contribution < -0.4 is 5.73 Å². The maximum Gasteiger partial charge on any atom is 0.259 e. The molecule has 19 heavy (non-hydrogen) atoms. The van der Waals surface area contributed by atoms with Crippen LogP contribution in [0.2, 0.25) is 0 Å². The molecule has 0 unspecified atom stereocenters. The number of furan rings is 1. The summed E-state index contributed by atoms with van der Waals surface area (Å²) in [6.07, 6.45) is 4.54. The Hall–Kier alpha value is -2.59. The van der Waals surface area contributed by atoms with Crippen molar-refractivity contribution in [3.63, 3.8) is 0 Å². The molecule has 0 aliphatic carbocycles. The molecule has 1 amide bonds. The first-order chi connectivity index (χ1) is 9.19. The van der Waals surface area contributed by atoms with Gasteiger partial charge in [0.2, 0.25) is 0 Å². The number of primary amides is 1. The summed E-state index contributed by atoms with van der Waals surface area (Å²) in [6, 6.07) is 6.75. The number of amides is 1. The van der Waals surface area contributed by atoms with Gasteiger partial charge in [0, 0.05) is 18.5 Å². The van der Waals surface area contributed by atoms with E-state index in [9.17, 15) is 4.79 Å². The van der Waals surface area contributed by atoms with Gasteiger partial charge in [0.25, 0.3) is 5.91 Å². The maximum absolute atomic E-state index is 10.9. The highest BCUT2D eigenvalue weighted by Gasteiger charge is 2.08. The van der Waals surface area contributed by atoms with Crippen LogP contribution in [0.25, 0.3) is 6.08 Å². The molecule has 0 aromatic carbocycles. The van der Waals surface area contributed by atoms with Crippen molar-refractivity contribution in [1.82, 2.24) is 9.97 Å². The van der Waals surface area contributed by atoms with Crippen molar-refractivity contribution in [1.29, 1.82) is 5.26 Å². The minimum absolute atomic E-state index is 0.165. The van der Waals surface area contributed by atoms with E-state index >= 15 is 0 Å². The van der Waals surface area contributed by atoms with Crippen LogP contribution in [0.1, 0.15) is 5.76 Å². The van der Waals surface area contributed by atoms with Gasteiger partial charge in [0.1, 0.15) is 17.4 Å². The Balaban J connectivity index is 2.16. The average Bonchev–Trinajstić information content (AvgIpc) is 2.84. The molecule has 7 heteroatoms. The molecular weight excluding hydrogens is 264 g/mol. The largest absolute Gasteiger partial charge is 0.450 e. The molecule has 0 aliphatic heterocycles. The molecule has 2 heterocycles. The summed E-state index contributed by atoms with van der Waals surface area (Å²) in [5.41, 5.74) is 4.86. The topological polar surface area (TPSA) is 106 Å². The number of nitrogens with two attached hydrogens (primary N) is 1. The minimum Gasteiger partial charge on any atom is -0.450 e. The number of nitrogens with zero attached hydrogens (tertiary/aromatic N) is 3. The molecule has 0 radical (unpaired) electrons. The van der Waals surface area contributed by atoms with Gasteiger partial charge in [0.15, 0.2) is 10.2 Å². The Morgan fingerprint density at radius 3 is 2.79 bits per heavy atom. The lowest BCUT2D eigenvalue weighted by atomic mass is 10.2. The summed E-state index contributed by atoms with van der Waals surface area (Å²) < 4.78 is 5.42. The van der Waals surface area contributed by atoms with Crippen molar-refractivity contribution in [3.8, 4) is 6.07 Å². The molecule has 94 valence electrons. The molecule has 0 saturated heterocycles. The second-order valence-electron chi connectivity index (χ2n) is 3.32. The van der Waals surface area contributed by atoms with E-state index in [0.717, 1.165) is 0 Å². The van der Waals surface area contributed by atoms with Crippen molar-refractivity contribution in [3.05, 3.63) is 41.9 Å². The normalized spacial score (nSPS) is 11.0. The number of nitriles is 1. The number of carbonyl (C=O) groups excluding carboxylic acids is 1. The van der Waals surface area contributed by atoms with E-state index < -0.39 is 5.91 Å². The third-order valence-electron chi connectivity index (χ3n) is 2.01. The van der Waals surface area contributed by atoms with Crippen LogP contribution in [0.5, 0.6) is 0 Å². The quantitative estimate of drug-likeness (QED) is 0.515. The van der Waals surface area contributed by atoms with Gasteiger partial charge in [-0.15, -0.1) is 0 Å². The van der Waals surface area contributed by atoms with E-state index in [4.69, 9.17) is 15.4 Å². The third-order valence-corrected chi connectivity index (χ3v) is 2.82. The van der Waals surface area contributed by atoms with Crippen LogP contribution >= 0.6 is 11.8 Å². The van der Waals surface area contributed by atoms with Crippen LogP contribution in [0, 0.1) is 11.3 Å². The summed E-state index contributed by atoms with van der Waals surface area (Å²) in [6.45, 7) is 0. The standard InChI is InChI=1S/C12H8N4O2S/c13-7-8(11(14)17)6-9-2-3-10(18-9)19-12-15-4-1-5-16-12/h1-6H,(H2,14,17). The molecule has 0 spiro atoms. The fourth-order valence-corrected chi connectivity index (χ4v) is 1.88. The van der Waals surface area contributed by atoms with Gasteiger partial charge < -0.3 is 10.2 Å². The molecule has 0 bridgehead atoms. The first kappa shape index (κ1) is 12.9. The van der Waals surface area contributed by atoms with Crippen LogP contribution in [0.4, 0.5) is 0 Å². The number of carbonyl (C=O) groups is 1. The van der Waals surface area contributed by atoms with Gasteiger partial charge in [0.05, 0.1) is 0 Å². The predicted molar refractivity (Wildman–Crippen MR) is 67.6 cm³/mol. The molecule has 2 rings (SSSR count). The monoisotopic (exact) mass is 272 g/mol. The number of hydrogen-bond acceptors (Lipinski definition) is 6. The number of rotatable bonds is 4. The maximum atomic E-state index is 10.9. The van der Waals surface area contributed by atoms with E-state index in [1.54, 1.807) is 36.7 Å². The lowest BCUT2D eigenvalue weighted by Gasteiger charge is -1.94. The summed E-state index contributed by atoms with van der Waals surface area (Å²) >= 11 is 1.23. The van der Waals surface area contributed by atoms with Gasteiger partial charge in [-0.1, -0.05) is 0 Å². The molecule has 2 aromatic heterocycles. The van der Waals surface area contributed by atoms with Gasteiger partial charge in [-0.2, -0.15) is 5.26 Å². The molecule has 0 atom stereocenters. The van der Waals surface area contributed by atoms with Crippen LogP contribution in [0.3, 0.4) is 0 Å². The molecule has 2 N–H and O–H groups in total. The van der Waals surface area contributed by atoms with Crippen molar-refractivity contribution < 1.29 is 9.21 Å². The summed E-state index contributed by atoms with van der Waals surface area (Å²) in [4.78, 5) is 19.0. The third kappa shape index (κ3) is 3.43. The number of hydrogen-bond donors (Lipinski definition) is 1. The van der Waals surface area contributed by atoms with Crippen molar-refractivity contribution in [2.75, 3.05) is 0 Å². The molecule has 0 fully saturated rings. The molecule has 6 nitrogen and oxygen atoms in total. The summed E-state index contributed by atoms with van der Waals surface area (Å²) in [5.74, 6) is -0.423. The molecular formula is C12H8N4O2S. The lowest BCUT2D eigenvalue weighted by Crippen LogP contribution is -2.12. The first-order valence-corrected chi connectivity index (χ1v) is 5.97. The fourth-order valence-electron chi connectivity index (χ4n) is 1.20. The van der Waals surface area contributed by atoms with Crippen LogP contribution in [-0.4, -0.2) is 15.9 Å². The zero-order chi connectivity index (χ0) is 13.7. The Kier molecular flexibility index (Phi) is 3.95. The molecule has 0 aliphatic rings. The number of aromatic nitrogens is 2. The lowest BCUT2D eigenvalue weighted by molar-refractivity contribution is -0.114. The highest BCUT2D eigenvalue weighted by molar-refractivity contribution is 7.99. The SMILES string of the molecule is N#CC(=Cc1ccc(Sc2ncccn2)o1)C(N)=O. The smallest absolute Gasteiger partial charge is 0.259 e. The predicted octanol–water partition coefficient (Wildman–Crippen LogP) is 1.61. The van der Waals surface area contributed by atoms with E-state index in [-0.39, 0.29) is 5.57 Å². The van der Waals surface area contributed by atoms with Gasteiger partial charge in [-0.05, 0) is 30.0 Å². The van der Waals surface area contributed by atoms with E-state index in [1.165, 1.54) is 17.8 Å². The highest BCUT2D eigenvalue weighted by atomic mass is 32.2. The summed E-state index contributed by atoms with van der Waals surface area (Å²) in [5, 5.41) is 9.81. The van der Waals surface area contributed by atoms with Gasteiger partial charge in [-0.25, -0.2) is 9.97 Å². The second-order valence-corrected chi connectivity index (χ2v) is 4.30. The zero-order valence-electron chi connectivity index (χ0n) is 9.61. The molecule has 2 aromatic rings. The Labute approximate surface area is 113 Å². The van der Waals surface area contributed by atoms with E-state index in [0.29, 0.717) is 16.0 Å². The second kappa shape index (κ2) is 5.84. The first-order valence-electron chi connectivity index (χ1n) is 5.15. The minimum atomic E-state index is -0.792. The fraction of sp³-hybridized carbons (Fsp3) is 0. The zero-order valence-corrected chi connectivity index (χ0v) is 10.4. The Bertz CT molecular complexity index is 658. The average molecular weight is 272 g/mol. The summed E-state index contributed by atoms with van der Waals surface area (Å²) in [7, 11) is 0. The van der Waals surface area contributed by atoms with Crippen molar-refractivity contribution in [2.45, 2.75) is 10.2 Å². The Morgan fingerprint density at radius 1 is 1.42 bits per heavy atom. The van der Waals surface area contributed by atoms with Gasteiger partial charge in [-0.3, -0.25) is 4.79 Å². The van der Waals surface area contributed by atoms with Crippen LogP contribution in [0.15, 0.2) is 50.8 Å². The Morgan fingerprint density at radius 2 is 2.16 bits per heavy atom. The highest BCUT2D eigenvalue weighted by Crippen LogP contribution is 2.26. The van der Waals surface area contributed by atoms with Crippen molar-refractivity contribution >= 4 is 23.7 Å². The van der Waals surface area contributed by atoms with Crippen molar-refractivity contribution in [2.24, 2.45) is 5.73 Å². The van der Waals surface area contributed by atoms with E-state index in [1.807, 2.05) is 0 Å². The van der Waals surface area contributed by atoms with Gasteiger partial charge >= 0.3 is 0 Å². The molecule has 0 saturated carbocycles.